The molecule has 4 aromatic carbocycles. The minimum absolute atomic E-state index is 0.0655. The van der Waals surface area contributed by atoms with Crippen LogP contribution in [0.5, 0.6) is 0 Å². The third-order valence-electron chi connectivity index (χ3n) is 5.95. The number of nitrogens with two attached hydrogens (primary N) is 1. The van der Waals surface area contributed by atoms with Gasteiger partial charge in [-0.25, -0.2) is 0 Å². The number of carbonyl (C=O) groups excluding carboxylic acids is 4. The van der Waals surface area contributed by atoms with Gasteiger partial charge in [-0.05, 0) is 66.6 Å². The Morgan fingerprint density at radius 1 is 0.805 bits per heavy atom. The van der Waals surface area contributed by atoms with Gasteiger partial charge >= 0.3 is 0 Å². The van der Waals surface area contributed by atoms with Crippen LogP contribution in [0.25, 0.3) is 6.08 Å². The van der Waals surface area contributed by atoms with E-state index in [0.29, 0.717) is 16.9 Å². The number of thioether (sulfide) groups is 1. The first-order valence-electron chi connectivity index (χ1n) is 12.7. The predicted octanol–water partition coefficient (Wildman–Crippen LogP) is 5.23. The predicted molar refractivity (Wildman–Crippen MR) is 162 cm³/mol. The number of hydrogen-bond acceptors (Lipinski definition) is 5. The molecule has 0 atom stereocenters. The van der Waals surface area contributed by atoms with E-state index in [2.05, 4.69) is 16.0 Å². The molecule has 41 heavy (non-hydrogen) atoms. The first-order valence-corrected chi connectivity index (χ1v) is 13.7. The lowest BCUT2D eigenvalue weighted by atomic mass is 10.1. The maximum Gasteiger partial charge on any atom is 0.272 e. The monoisotopic (exact) mass is 564 g/mol. The average Bonchev–Trinajstić information content (AvgIpc) is 2.97. The molecular weight excluding hydrogens is 536 g/mol. The van der Waals surface area contributed by atoms with Crippen LogP contribution in [-0.4, -0.2) is 29.4 Å². The van der Waals surface area contributed by atoms with Gasteiger partial charge in [0.25, 0.3) is 17.7 Å². The largest absolute Gasteiger partial charge is 0.366 e. The fourth-order valence-corrected chi connectivity index (χ4v) is 4.61. The lowest BCUT2D eigenvalue weighted by Crippen LogP contribution is -2.30. The number of nitrogens with one attached hydrogen (secondary N) is 3. The summed E-state index contributed by atoms with van der Waals surface area (Å²) in [5.74, 6) is -1.79. The summed E-state index contributed by atoms with van der Waals surface area (Å²) in [7, 11) is 0. The van der Waals surface area contributed by atoms with Crippen LogP contribution in [0.2, 0.25) is 0 Å². The molecule has 0 fully saturated rings. The summed E-state index contributed by atoms with van der Waals surface area (Å²) >= 11 is 1.26. The molecule has 0 saturated carbocycles. The van der Waals surface area contributed by atoms with Crippen molar-refractivity contribution in [3.05, 3.63) is 131 Å². The van der Waals surface area contributed by atoms with Gasteiger partial charge in [0.15, 0.2) is 0 Å². The number of benzene rings is 4. The van der Waals surface area contributed by atoms with Gasteiger partial charge < -0.3 is 21.7 Å². The Kier molecular flexibility index (Phi) is 9.69. The van der Waals surface area contributed by atoms with E-state index in [-0.39, 0.29) is 22.9 Å². The average molecular weight is 565 g/mol. The van der Waals surface area contributed by atoms with Crippen LogP contribution in [0.15, 0.2) is 114 Å². The molecule has 0 unspecified atom stereocenters. The zero-order valence-corrected chi connectivity index (χ0v) is 23.0. The standard InChI is InChI=1S/C32H28N4O4S/c1-21-10-5-6-13-23(21)18-28(36-31(39)22-11-3-2-4-12-22)32(40)34-24-14-9-15-25(19-24)41-20-29(37)35-27-17-8-7-16-26(27)30(33)38/h2-19H,20H2,1H3,(H2,33,38)(H,34,40)(H,35,37)(H,36,39)/b28-18+. The van der Waals surface area contributed by atoms with E-state index in [1.165, 1.54) is 11.8 Å². The molecule has 0 aliphatic rings. The van der Waals surface area contributed by atoms with Crippen LogP contribution < -0.4 is 21.7 Å². The zero-order chi connectivity index (χ0) is 29.2. The van der Waals surface area contributed by atoms with Gasteiger partial charge in [0, 0.05) is 16.1 Å². The Labute approximate surface area is 242 Å². The minimum atomic E-state index is -0.632. The minimum Gasteiger partial charge on any atom is -0.366 e. The lowest BCUT2D eigenvalue weighted by molar-refractivity contribution is -0.114. The van der Waals surface area contributed by atoms with Crippen molar-refractivity contribution in [1.82, 2.24) is 5.32 Å². The summed E-state index contributed by atoms with van der Waals surface area (Å²) in [5, 5.41) is 8.28. The van der Waals surface area contributed by atoms with Crippen LogP contribution in [0, 0.1) is 6.92 Å². The molecule has 0 heterocycles. The fraction of sp³-hybridized carbons (Fsp3) is 0.0625. The van der Waals surface area contributed by atoms with E-state index in [1.807, 2.05) is 43.3 Å². The molecule has 8 nitrogen and oxygen atoms in total. The van der Waals surface area contributed by atoms with Crippen molar-refractivity contribution >= 4 is 52.8 Å². The molecule has 4 aromatic rings. The molecule has 0 aliphatic carbocycles. The summed E-state index contributed by atoms with van der Waals surface area (Å²) in [6.45, 7) is 1.92. The zero-order valence-electron chi connectivity index (χ0n) is 22.2. The van der Waals surface area contributed by atoms with E-state index >= 15 is 0 Å². The number of aryl methyl sites for hydroxylation is 1. The molecule has 206 valence electrons. The van der Waals surface area contributed by atoms with Crippen molar-refractivity contribution in [2.24, 2.45) is 5.73 Å². The van der Waals surface area contributed by atoms with Crippen LogP contribution in [0.1, 0.15) is 31.8 Å². The summed E-state index contributed by atoms with van der Waals surface area (Å²) in [5.41, 5.74) is 8.68. The van der Waals surface area contributed by atoms with E-state index < -0.39 is 17.7 Å². The fourth-order valence-electron chi connectivity index (χ4n) is 3.85. The molecule has 4 rings (SSSR count). The molecule has 0 spiro atoms. The molecule has 0 aliphatic heterocycles. The molecule has 0 bridgehead atoms. The van der Waals surface area contributed by atoms with Gasteiger partial charge in [-0.3, -0.25) is 19.2 Å². The maximum atomic E-state index is 13.4. The third kappa shape index (κ3) is 8.17. The van der Waals surface area contributed by atoms with Crippen LogP contribution in [-0.2, 0) is 9.59 Å². The second-order valence-corrected chi connectivity index (χ2v) is 10.0. The molecule has 5 N–H and O–H groups in total. The Balaban J connectivity index is 1.46. The third-order valence-corrected chi connectivity index (χ3v) is 6.94. The Morgan fingerprint density at radius 2 is 1.51 bits per heavy atom. The van der Waals surface area contributed by atoms with E-state index in [4.69, 9.17) is 5.73 Å². The van der Waals surface area contributed by atoms with Crippen molar-refractivity contribution in [1.29, 1.82) is 0 Å². The number of anilines is 2. The van der Waals surface area contributed by atoms with Gasteiger partial charge in [-0.15, -0.1) is 11.8 Å². The number of rotatable bonds is 10. The van der Waals surface area contributed by atoms with Crippen molar-refractivity contribution < 1.29 is 19.2 Å². The lowest BCUT2D eigenvalue weighted by Gasteiger charge is -2.13. The second-order valence-electron chi connectivity index (χ2n) is 8.96. The number of carbonyl (C=O) groups is 4. The molecular formula is C32H28N4O4S. The smallest absolute Gasteiger partial charge is 0.272 e. The molecule has 9 heteroatoms. The van der Waals surface area contributed by atoms with Crippen LogP contribution in [0.4, 0.5) is 11.4 Å². The number of amides is 4. The molecule has 0 aromatic heterocycles. The quantitative estimate of drug-likeness (QED) is 0.155. The first kappa shape index (κ1) is 28.8. The summed E-state index contributed by atoms with van der Waals surface area (Å²) < 4.78 is 0. The topological polar surface area (TPSA) is 130 Å². The molecule has 4 amide bonds. The highest BCUT2D eigenvalue weighted by Gasteiger charge is 2.16. The van der Waals surface area contributed by atoms with Gasteiger partial charge in [0.05, 0.1) is 17.0 Å². The van der Waals surface area contributed by atoms with Gasteiger partial charge in [0.2, 0.25) is 5.91 Å². The van der Waals surface area contributed by atoms with Gasteiger partial charge in [0.1, 0.15) is 5.70 Å². The van der Waals surface area contributed by atoms with Crippen LogP contribution in [0.3, 0.4) is 0 Å². The van der Waals surface area contributed by atoms with Crippen molar-refractivity contribution in [2.45, 2.75) is 11.8 Å². The highest BCUT2D eigenvalue weighted by atomic mass is 32.2. The second kappa shape index (κ2) is 13.8. The maximum absolute atomic E-state index is 13.4. The van der Waals surface area contributed by atoms with Gasteiger partial charge in [-0.2, -0.15) is 0 Å². The van der Waals surface area contributed by atoms with E-state index in [0.717, 1.165) is 16.0 Å². The Morgan fingerprint density at radius 3 is 2.27 bits per heavy atom. The highest BCUT2D eigenvalue weighted by Crippen LogP contribution is 2.23. The van der Waals surface area contributed by atoms with Crippen molar-refractivity contribution in [2.75, 3.05) is 16.4 Å². The van der Waals surface area contributed by atoms with Crippen LogP contribution >= 0.6 is 11.8 Å². The summed E-state index contributed by atoms with van der Waals surface area (Å²) in [4.78, 5) is 51.1. The number of primary amides is 1. The SMILES string of the molecule is Cc1ccccc1/C=C(/NC(=O)c1ccccc1)C(=O)Nc1cccc(SCC(=O)Nc2ccccc2C(N)=O)c1. The summed E-state index contributed by atoms with van der Waals surface area (Å²) in [6, 6.07) is 29.7. The Bertz CT molecular complexity index is 1620. The van der Waals surface area contributed by atoms with Crippen molar-refractivity contribution in [3.8, 4) is 0 Å². The molecule has 0 saturated heterocycles. The van der Waals surface area contributed by atoms with Gasteiger partial charge in [-0.1, -0.05) is 60.7 Å². The first-order chi connectivity index (χ1) is 19.8. The van der Waals surface area contributed by atoms with E-state index in [1.54, 1.807) is 72.8 Å². The molecule has 0 radical (unpaired) electrons. The number of hydrogen-bond donors (Lipinski definition) is 4. The highest BCUT2D eigenvalue weighted by molar-refractivity contribution is 8.00. The normalized spacial score (nSPS) is 10.9. The summed E-state index contributed by atoms with van der Waals surface area (Å²) in [6.07, 6.45) is 1.64. The Hall–Kier alpha value is -5.15. The number of para-hydroxylation sites is 1. The van der Waals surface area contributed by atoms with E-state index in [9.17, 15) is 19.2 Å². The van der Waals surface area contributed by atoms with Crippen molar-refractivity contribution in [3.63, 3.8) is 0 Å².